The maximum absolute atomic E-state index is 5.58. The van der Waals surface area contributed by atoms with E-state index in [1.807, 2.05) is 36.4 Å². The van der Waals surface area contributed by atoms with Gasteiger partial charge in [0.25, 0.3) is 0 Å². The van der Waals surface area contributed by atoms with E-state index in [-0.39, 0.29) is 0 Å². The second kappa shape index (κ2) is 8.39. The van der Waals surface area contributed by atoms with E-state index in [1.165, 1.54) is 18.4 Å². The minimum atomic E-state index is 0.547. The van der Waals surface area contributed by atoms with E-state index in [9.17, 15) is 0 Å². The van der Waals surface area contributed by atoms with Crippen LogP contribution in [0.2, 0.25) is 0 Å². The Bertz CT molecular complexity index is 1130. The molecule has 3 aromatic heterocycles. The number of aryl methyl sites for hydroxylation is 1. The Morgan fingerprint density at radius 2 is 2.07 bits per heavy atom. The van der Waals surface area contributed by atoms with Crippen LogP contribution < -0.4 is 4.74 Å². The summed E-state index contributed by atoms with van der Waals surface area (Å²) < 4.78 is 18.6. The summed E-state index contributed by atoms with van der Waals surface area (Å²) in [6, 6.07) is 11.7. The quantitative estimate of drug-likeness (QED) is 0.398. The topological polar surface area (TPSA) is 79.1 Å². The molecule has 30 heavy (non-hydrogen) atoms. The molecule has 154 valence electrons. The molecule has 5 rings (SSSR count). The predicted octanol–water partition coefficient (Wildman–Crippen LogP) is 4.75. The van der Waals surface area contributed by atoms with E-state index in [0.29, 0.717) is 12.3 Å². The molecule has 0 fully saturated rings. The molecular formula is C22H22N4O3S. The summed E-state index contributed by atoms with van der Waals surface area (Å²) in [7, 11) is 1.66. The van der Waals surface area contributed by atoms with Crippen LogP contribution in [-0.2, 0) is 25.1 Å². The van der Waals surface area contributed by atoms with Gasteiger partial charge in [-0.25, -0.2) is 0 Å². The Kier molecular flexibility index (Phi) is 5.31. The van der Waals surface area contributed by atoms with Gasteiger partial charge in [0.05, 0.1) is 25.6 Å². The number of ether oxygens (including phenoxy) is 1. The van der Waals surface area contributed by atoms with Crippen molar-refractivity contribution in [2.75, 3.05) is 7.11 Å². The molecule has 1 aliphatic rings. The molecule has 0 bridgehead atoms. The number of nitrogens with zero attached hydrogens (tertiary/aromatic N) is 4. The van der Waals surface area contributed by atoms with Gasteiger partial charge in [-0.05, 0) is 43.5 Å². The van der Waals surface area contributed by atoms with Crippen LogP contribution in [0.4, 0.5) is 0 Å². The number of aromatic nitrogens is 4. The van der Waals surface area contributed by atoms with E-state index >= 15 is 0 Å². The van der Waals surface area contributed by atoms with E-state index in [0.717, 1.165) is 52.3 Å². The average Bonchev–Trinajstić information content (AvgIpc) is 3.53. The summed E-state index contributed by atoms with van der Waals surface area (Å²) in [5.74, 6) is 4.15. The Morgan fingerprint density at radius 1 is 1.13 bits per heavy atom. The number of methoxy groups -OCH3 is 1. The molecule has 1 aromatic carbocycles. The minimum Gasteiger partial charge on any atom is -0.497 e. The first-order valence-electron chi connectivity index (χ1n) is 10.0. The largest absolute Gasteiger partial charge is 0.497 e. The number of fused-ring (bicyclic) bond motifs is 1. The third-order valence-electron chi connectivity index (χ3n) is 5.31. The summed E-state index contributed by atoms with van der Waals surface area (Å²) in [6.45, 7) is 0.547. The molecule has 0 amide bonds. The van der Waals surface area contributed by atoms with Gasteiger partial charge in [0, 0.05) is 23.3 Å². The molecule has 3 heterocycles. The SMILES string of the molecule is COc1cccc(-c2nnc(SCc3noc4c3CCCC4)n2Cc2ccco2)c1. The summed E-state index contributed by atoms with van der Waals surface area (Å²) in [6.07, 6.45) is 6.08. The molecule has 0 unspecified atom stereocenters. The van der Waals surface area contributed by atoms with Gasteiger partial charge in [-0.3, -0.25) is 4.57 Å². The molecular weight excluding hydrogens is 400 g/mol. The highest BCUT2D eigenvalue weighted by molar-refractivity contribution is 7.98. The molecule has 0 radical (unpaired) electrons. The van der Waals surface area contributed by atoms with Crippen LogP contribution in [-0.4, -0.2) is 27.0 Å². The molecule has 0 aliphatic heterocycles. The third-order valence-corrected chi connectivity index (χ3v) is 6.29. The van der Waals surface area contributed by atoms with Crippen LogP contribution in [0.5, 0.6) is 5.75 Å². The lowest BCUT2D eigenvalue weighted by Gasteiger charge is -2.10. The molecule has 0 spiro atoms. The first kappa shape index (κ1) is 19.0. The number of benzene rings is 1. The van der Waals surface area contributed by atoms with Crippen LogP contribution in [0.1, 0.15) is 35.6 Å². The van der Waals surface area contributed by atoms with Crippen molar-refractivity contribution in [1.82, 2.24) is 19.9 Å². The predicted molar refractivity (Wildman–Crippen MR) is 113 cm³/mol. The van der Waals surface area contributed by atoms with Crippen molar-refractivity contribution < 1.29 is 13.7 Å². The van der Waals surface area contributed by atoms with Crippen molar-refractivity contribution in [3.8, 4) is 17.1 Å². The van der Waals surface area contributed by atoms with Gasteiger partial charge in [0.2, 0.25) is 0 Å². The number of hydrogen-bond donors (Lipinski definition) is 0. The van der Waals surface area contributed by atoms with Crippen LogP contribution in [0.15, 0.2) is 56.8 Å². The summed E-state index contributed by atoms with van der Waals surface area (Å²) >= 11 is 1.62. The Hall–Kier alpha value is -3.00. The highest BCUT2D eigenvalue weighted by Crippen LogP contribution is 2.31. The highest BCUT2D eigenvalue weighted by atomic mass is 32.2. The van der Waals surface area contributed by atoms with Crippen LogP contribution in [0, 0.1) is 0 Å². The van der Waals surface area contributed by atoms with Crippen molar-refractivity contribution in [3.05, 3.63) is 65.4 Å². The van der Waals surface area contributed by atoms with Crippen molar-refractivity contribution in [2.24, 2.45) is 0 Å². The molecule has 8 heteroatoms. The van der Waals surface area contributed by atoms with E-state index in [2.05, 4.69) is 19.9 Å². The Labute approximate surface area is 178 Å². The lowest BCUT2D eigenvalue weighted by molar-refractivity contribution is 0.369. The van der Waals surface area contributed by atoms with Gasteiger partial charge in [-0.1, -0.05) is 29.1 Å². The summed E-state index contributed by atoms with van der Waals surface area (Å²) in [4.78, 5) is 0. The van der Waals surface area contributed by atoms with E-state index < -0.39 is 0 Å². The fourth-order valence-corrected chi connectivity index (χ4v) is 4.67. The van der Waals surface area contributed by atoms with Crippen molar-refractivity contribution >= 4 is 11.8 Å². The Balaban J connectivity index is 1.45. The summed E-state index contributed by atoms with van der Waals surface area (Å²) in [5.41, 5.74) is 3.24. The molecule has 0 atom stereocenters. The van der Waals surface area contributed by atoms with Crippen LogP contribution in [0.25, 0.3) is 11.4 Å². The standard InChI is InChI=1S/C22H22N4O3S/c1-27-16-7-4-6-15(12-16)21-23-24-22(26(21)13-17-8-5-11-28-17)30-14-19-18-9-2-3-10-20(18)29-25-19/h4-8,11-12H,2-3,9-10,13-14H2,1H3. The molecule has 1 aliphatic carbocycles. The lowest BCUT2D eigenvalue weighted by Crippen LogP contribution is -2.04. The number of rotatable bonds is 7. The van der Waals surface area contributed by atoms with Crippen molar-refractivity contribution in [2.45, 2.75) is 43.1 Å². The van der Waals surface area contributed by atoms with Crippen molar-refractivity contribution in [1.29, 1.82) is 0 Å². The second-order valence-electron chi connectivity index (χ2n) is 7.23. The van der Waals surface area contributed by atoms with Gasteiger partial charge in [0.1, 0.15) is 17.3 Å². The van der Waals surface area contributed by atoms with Gasteiger partial charge in [-0.2, -0.15) is 0 Å². The monoisotopic (exact) mass is 422 g/mol. The van der Waals surface area contributed by atoms with Gasteiger partial charge >= 0.3 is 0 Å². The maximum Gasteiger partial charge on any atom is 0.192 e. The van der Waals surface area contributed by atoms with Gasteiger partial charge in [-0.15, -0.1) is 10.2 Å². The van der Waals surface area contributed by atoms with Crippen molar-refractivity contribution in [3.63, 3.8) is 0 Å². The zero-order chi connectivity index (χ0) is 20.3. The Morgan fingerprint density at radius 3 is 2.93 bits per heavy atom. The zero-order valence-corrected chi connectivity index (χ0v) is 17.5. The van der Waals surface area contributed by atoms with E-state index in [1.54, 1.807) is 25.1 Å². The number of hydrogen-bond acceptors (Lipinski definition) is 7. The normalized spacial score (nSPS) is 13.4. The fourth-order valence-electron chi connectivity index (χ4n) is 3.77. The zero-order valence-electron chi connectivity index (χ0n) is 16.7. The van der Waals surface area contributed by atoms with Crippen LogP contribution in [0.3, 0.4) is 0 Å². The first-order chi connectivity index (χ1) is 14.8. The van der Waals surface area contributed by atoms with Crippen LogP contribution >= 0.6 is 11.8 Å². The number of furan rings is 1. The molecule has 0 saturated heterocycles. The molecule has 0 saturated carbocycles. The molecule has 7 nitrogen and oxygen atoms in total. The van der Waals surface area contributed by atoms with E-state index in [4.69, 9.17) is 13.7 Å². The summed E-state index contributed by atoms with van der Waals surface area (Å²) in [5, 5.41) is 14.1. The van der Waals surface area contributed by atoms with Gasteiger partial charge < -0.3 is 13.7 Å². The first-order valence-corrected chi connectivity index (χ1v) is 11.0. The number of thioether (sulfide) groups is 1. The molecule has 4 aromatic rings. The second-order valence-corrected chi connectivity index (χ2v) is 8.17. The minimum absolute atomic E-state index is 0.547. The average molecular weight is 423 g/mol. The fraction of sp³-hybridized carbons (Fsp3) is 0.318. The third kappa shape index (κ3) is 3.75. The lowest BCUT2D eigenvalue weighted by atomic mass is 9.97. The molecule has 0 N–H and O–H groups in total. The highest BCUT2D eigenvalue weighted by Gasteiger charge is 2.21. The maximum atomic E-state index is 5.58. The smallest absolute Gasteiger partial charge is 0.192 e. The van der Waals surface area contributed by atoms with Gasteiger partial charge in [0.15, 0.2) is 11.0 Å².